The molecular weight excluding hydrogens is 306 g/mol. The van der Waals surface area contributed by atoms with Crippen molar-refractivity contribution in [1.29, 1.82) is 0 Å². The molecule has 0 radical (unpaired) electrons. The number of imide groups is 1. The van der Waals surface area contributed by atoms with E-state index in [9.17, 15) is 9.59 Å². The van der Waals surface area contributed by atoms with Crippen LogP contribution in [0.25, 0.3) is 16.0 Å². The molecule has 2 amide bonds. The molecule has 0 fully saturated rings. The molecular formula is C16H12ClNO2S. The molecule has 2 heterocycles. The third kappa shape index (κ3) is 2.41. The van der Waals surface area contributed by atoms with Crippen molar-refractivity contribution in [2.24, 2.45) is 0 Å². The van der Waals surface area contributed by atoms with Gasteiger partial charge in [0.1, 0.15) is 0 Å². The summed E-state index contributed by atoms with van der Waals surface area (Å²) in [5.74, 6) is -0.659. The van der Waals surface area contributed by atoms with Crippen LogP contribution in [0, 0.1) is 0 Å². The van der Waals surface area contributed by atoms with Crippen molar-refractivity contribution in [3.05, 3.63) is 51.4 Å². The maximum absolute atomic E-state index is 12.0. The molecule has 1 aliphatic heterocycles. The predicted molar refractivity (Wildman–Crippen MR) is 85.5 cm³/mol. The minimum Gasteiger partial charge on any atom is -0.288 e. The highest BCUT2D eigenvalue weighted by Gasteiger charge is 2.30. The van der Waals surface area contributed by atoms with E-state index in [1.54, 1.807) is 0 Å². The number of carbonyl (C=O) groups is 2. The fourth-order valence-corrected chi connectivity index (χ4v) is 3.73. The standard InChI is InChI=1S/C16H12ClNO2S/c1-8(2)13-14-11(15(19)18-16(13)20)7-12(21-14)9-3-5-10(17)6-4-9/h3-7H,1-2H3,(H,18,19,20). The molecule has 0 aliphatic carbocycles. The van der Waals surface area contributed by atoms with E-state index in [1.807, 2.05) is 44.2 Å². The van der Waals surface area contributed by atoms with E-state index in [1.165, 1.54) is 11.3 Å². The lowest BCUT2D eigenvalue weighted by Gasteiger charge is -2.15. The summed E-state index contributed by atoms with van der Waals surface area (Å²) in [5, 5.41) is 3.06. The number of thiophene rings is 1. The maximum atomic E-state index is 12.0. The Kier molecular flexibility index (Phi) is 3.43. The lowest BCUT2D eigenvalue weighted by Crippen LogP contribution is -2.35. The molecule has 0 saturated heterocycles. The van der Waals surface area contributed by atoms with E-state index in [2.05, 4.69) is 5.32 Å². The summed E-state index contributed by atoms with van der Waals surface area (Å²) in [5.41, 5.74) is 3.02. The highest BCUT2D eigenvalue weighted by molar-refractivity contribution is 7.17. The zero-order valence-corrected chi connectivity index (χ0v) is 13.1. The fraction of sp³-hybridized carbons (Fsp3) is 0.125. The Morgan fingerprint density at radius 2 is 1.76 bits per heavy atom. The molecule has 0 saturated carbocycles. The zero-order chi connectivity index (χ0) is 15.1. The van der Waals surface area contributed by atoms with Gasteiger partial charge >= 0.3 is 0 Å². The molecule has 21 heavy (non-hydrogen) atoms. The van der Waals surface area contributed by atoms with E-state index in [0.29, 0.717) is 16.2 Å². The first-order chi connectivity index (χ1) is 9.97. The lowest BCUT2D eigenvalue weighted by molar-refractivity contribution is -0.114. The van der Waals surface area contributed by atoms with Gasteiger partial charge in [-0.1, -0.05) is 29.3 Å². The normalized spacial score (nSPS) is 14.0. The van der Waals surface area contributed by atoms with Crippen molar-refractivity contribution in [1.82, 2.24) is 5.32 Å². The number of hydrogen-bond donors (Lipinski definition) is 1. The molecule has 1 aliphatic rings. The Balaban J connectivity index is 2.18. The van der Waals surface area contributed by atoms with Crippen LogP contribution in [0.3, 0.4) is 0 Å². The van der Waals surface area contributed by atoms with Crippen LogP contribution in [0.2, 0.25) is 5.02 Å². The van der Waals surface area contributed by atoms with Crippen molar-refractivity contribution >= 4 is 40.3 Å². The molecule has 0 atom stereocenters. The predicted octanol–water partition coefficient (Wildman–Crippen LogP) is 4.13. The lowest BCUT2D eigenvalue weighted by atomic mass is 10.00. The van der Waals surface area contributed by atoms with E-state index >= 15 is 0 Å². The second-order valence-corrected chi connectivity index (χ2v) is 6.51. The van der Waals surface area contributed by atoms with Gasteiger partial charge in [-0.15, -0.1) is 11.3 Å². The Bertz CT molecular complexity index is 783. The van der Waals surface area contributed by atoms with E-state index in [0.717, 1.165) is 20.9 Å². The van der Waals surface area contributed by atoms with Gasteiger partial charge in [-0.3, -0.25) is 14.9 Å². The Morgan fingerprint density at radius 1 is 1.10 bits per heavy atom. The average molecular weight is 318 g/mol. The average Bonchev–Trinajstić information content (AvgIpc) is 2.84. The number of benzene rings is 1. The minimum absolute atomic E-state index is 0.322. The molecule has 0 spiro atoms. The summed E-state index contributed by atoms with van der Waals surface area (Å²) in [7, 11) is 0. The molecule has 0 bridgehead atoms. The first-order valence-corrected chi connectivity index (χ1v) is 7.60. The summed E-state index contributed by atoms with van der Waals surface area (Å²) in [6.45, 7) is 3.74. The second kappa shape index (κ2) is 5.13. The molecule has 2 aromatic rings. The van der Waals surface area contributed by atoms with Gasteiger partial charge in [0.05, 0.1) is 16.0 Å². The van der Waals surface area contributed by atoms with Gasteiger partial charge in [-0.25, -0.2) is 0 Å². The van der Waals surface area contributed by atoms with Gasteiger partial charge in [-0.05, 0) is 37.6 Å². The van der Waals surface area contributed by atoms with Crippen molar-refractivity contribution < 1.29 is 9.59 Å². The largest absolute Gasteiger partial charge is 0.288 e. The Hall–Kier alpha value is -1.91. The van der Waals surface area contributed by atoms with Gasteiger partial charge in [-0.2, -0.15) is 0 Å². The summed E-state index contributed by atoms with van der Waals surface area (Å²) < 4.78 is 0. The number of allylic oxidation sites excluding steroid dienone is 1. The van der Waals surface area contributed by atoms with Crippen molar-refractivity contribution in [3.63, 3.8) is 0 Å². The molecule has 1 aromatic heterocycles. The number of carbonyl (C=O) groups excluding carboxylic acids is 2. The van der Waals surface area contributed by atoms with Crippen LogP contribution in [0.1, 0.15) is 29.1 Å². The van der Waals surface area contributed by atoms with Crippen LogP contribution in [-0.2, 0) is 4.79 Å². The molecule has 106 valence electrons. The first-order valence-electron chi connectivity index (χ1n) is 6.40. The van der Waals surface area contributed by atoms with Gasteiger partial charge in [0.15, 0.2) is 0 Å². The SMILES string of the molecule is CC(C)=C1C(=O)NC(=O)c2cc(-c3ccc(Cl)cc3)sc21. The van der Waals surface area contributed by atoms with E-state index in [-0.39, 0.29) is 11.8 Å². The molecule has 0 unspecified atom stereocenters. The highest BCUT2D eigenvalue weighted by atomic mass is 35.5. The quantitative estimate of drug-likeness (QED) is 0.635. The minimum atomic E-state index is -0.337. The molecule has 3 rings (SSSR count). The van der Waals surface area contributed by atoms with Crippen LogP contribution in [-0.4, -0.2) is 11.8 Å². The zero-order valence-electron chi connectivity index (χ0n) is 11.5. The van der Waals surface area contributed by atoms with Crippen LogP contribution < -0.4 is 5.32 Å². The van der Waals surface area contributed by atoms with Crippen LogP contribution in [0.4, 0.5) is 0 Å². The Labute approximate surface area is 131 Å². The van der Waals surface area contributed by atoms with Crippen molar-refractivity contribution in [3.8, 4) is 10.4 Å². The number of fused-ring (bicyclic) bond motifs is 1. The smallest absolute Gasteiger partial charge is 0.259 e. The third-order valence-corrected chi connectivity index (χ3v) is 4.74. The van der Waals surface area contributed by atoms with Gasteiger partial charge in [0, 0.05) is 9.90 Å². The number of hydrogen-bond acceptors (Lipinski definition) is 3. The van der Waals surface area contributed by atoms with Crippen molar-refractivity contribution in [2.45, 2.75) is 13.8 Å². The van der Waals surface area contributed by atoms with Gasteiger partial charge in [0.25, 0.3) is 11.8 Å². The first kappa shape index (κ1) is 14.0. The topological polar surface area (TPSA) is 46.2 Å². The highest BCUT2D eigenvalue weighted by Crippen LogP contribution is 2.38. The van der Waals surface area contributed by atoms with E-state index < -0.39 is 0 Å². The summed E-state index contributed by atoms with van der Waals surface area (Å²) in [4.78, 5) is 25.7. The van der Waals surface area contributed by atoms with Crippen LogP contribution in [0.5, 0.6) is 0 Å². The van der Waals surface area contributed by atoms with Gasteiger partial charge < -0.3 is 0 Å². The second-order valence-electron chi connectivity index (χ2n) is 5.02. The number of amides is 2. The maximum Gasteiger partial charge on any atom is 0.259 e. The number of rotatable bonds is 1. The van der Waals surface area contributed by atoms with Crippen LogP contribution in [0.15, 0.2) is 35.9 Å². The number of halogens is 1. The fourth-order valence-electron chi connectivity index (χ4n) is 2.29. The van der Waals surface area contributed by atoms with E-state index in [4.69, 9.17) is 11.6 Å². The molecule has 3 nitrogen and oxygen atoms in total. The Morgan fingerprint density at radius 3 is 2.38 bits per heavy atom. The third-order valence-electron chi connectivity index (χ3n) is 3.29. The van der Waals surface area contributed by atoms with Crippen LogP contribution >= 0.6 is 22.9 Å². The van der Waals surface area contributed by atoms with Crippen molar-refractivity contribution in [2.75, 3.05) is 0 Å². The summed E-state index contributed by atoms with van der Waals surface area (Å²) in [6.07, 6.45) is 0. The molecule has 1 aromatic carbocycles. The molecule has 5 heteroatoms. The summed E-state index contributed by atoms with van der Waals surface area (Å²) >= 11 is 7.35. The number of nitrogens with one attached hydrogen (secondary N) is 1. The molecule has 1 N–H and O–H groups in total. The summed E-state index contributed by atoms with van der Waals surface area (Å²) in [6, 6.07) is 9.25. The monoisotopic (exact) mass is 317 g/mol. The van der Waals surface area contributed by atoms with Gasteiger partial charge in [0.2, 0.25) is 0 Å².